The molecule has 2 saturated heterocycles. The molecule has 0 spiro atoms. The minimum absolute atomic E-state index is 0.131. The van der Waals surface area contributed by atoms with Crippen LogP contribution in [-0.2, 0) is 19.1 Å². The summed E-state index contributed by atoms with van der Waals surface area (Å²) in [5.74, 6) is -4.12. The Balaban J connectivity index is 1.30. The lowest BCUT2D eigenvalue weighted by Gasteiger charge is -2.35. The van der Waals surface area contributed by atoms with Gasteiger partial charge in [-0.2, -0.15) is 0 Å². The summed E-state index contributed by atoms with van der Waals surface area (Å²) in [5, 5.41) is 12.4. The van der Waals surface area contributed by atoms with Crippen molar-refractivity contribution in [2.75, 3.05) is 45.9 Å². The Bertz CT molecular complexity index is 1730. The fourth-order valence-corrected chi connectivity index (χ4v) is 6.06. The van der Waals surface area contributed by atoms with Gasteiger partial charge in [0.2, 0.25) is 5.91 Å². The summed E-state index contributed by atoms with van der Waals surface area (Å²) in [6.07, 6.45) is 0.0581. The third-order valence-corrected chi connectivity index (χ3v) is 8.52. The molecule has 0 aliphatic carbocycles. The molecule has 260 valence electrons. The lowest BCUT2D eigenvalue weighted by molar-refractivity contribution is -0.138. The number of amides is 4. The van der Waals surface area contributed by atoms with Crippen LogP contribution < -0.4 is 10.1 Å². The lowest BCUT2D eigenvalue weighted by atomic mass is 10.0. The Kier molecular flexibility index (Phi) is 11.2. The first-order chi connectivity index (χ1) is 23.5. The number of likely N-dealkylation sites (tertiary alicyclic amines) is 1. The van der Waals surface area contributed by atoms with Crippen LogP contribution in [0.15, 0.2) is 48.5 Å². The molecule has 2 aliphatic heterocycles. The molecular formula is C34H37F2N5O8. The number of piperazine rings is 1. The van der Waals surface area contributed by atoms with Gasteiger partial charge in [0.25, 0.3) is 11.8 Å². The fourth-order valence-electron chi connectivity index (χ4n) is 6.06. The molecule has 2 aliphatic rings. The highest BCUT2D eigenvalue weighted by Gasteiger charge is 2.33. The van der Waals surface area contributed by atoms with E-state index in [1.807, 2.05) is 0 Å². The van der Waals surface area contributed by atoms with E-state index >= 15 is 0 Å². The zero-order valence-corrected chi connectivity index (χ0v) is 26.9. The molecule has 0 radical (unpaired) electrons. The van der Waals surface area contributed by atoms with Crippen LogP contribution in [-0.4, -0.2) is 107 Å². The molecule has 2 aromatic carbocycles. The second kappa shape index (κ2) is 15.7. The van der Waals surface area contributed by atoms with E-state index in [4.69, 9.17) is 9.47 Å². The third-order valence-electron chi connectivity index (χ3n) is 8.52. The van der Waals surface area contributed by atoms with Gasteiger partial charge in [-0.15, -0.1) is 0 Å². The monoisotopic (exact) mass is 681 g/mol. The quantitative estimate of drug-likeness (QED) is 0.309. The largest absolute Gasteiger partial charge is 0.483 e. The second-order valence-corrected chi connectivity index (χ2v) is 11.7. The standard InChI is InChI=1S/C34H37F2N5O8/c1-2-48-34(47)40-16-14-39(15-17-40)33(46)26(11-12-31(43)44)38-32(45)27-19-29(23-6-3-4-7-25(23)37-27)49-20-30(42)41-13-5-8-28(41)22-10-9-21(35)18-24(22)36/h3-4,6-7,9-10,18-19,26,28H,2,5,8,11-17,20H2,1H3,(H,38,45)(H,43,44)/t26-,28?/m0/s1. The van der Waals surface area contributed by atoms with E-state index in [1.54, 1.807) is 31.2 Å². The number of rotatable bonds is 11. The van der Waals surface area contributed by atoms with E-state index in [0.717, 1.165) is 12.1 Å². The van der Waals surface area contributed by atoms with Gasteiger partial charge in [0.05, 0.1) is 18.2 Å². The Morgan fingerprint density at radius 2 is 1.73 bits per heavy atom. The average Bonchev–Trinajstić information content (AvgIpc) is 3.58. The van der Waals surface area contributed by atoms with Crippen LogP contribution in [0, 0.1) is 11.6 Å². The molecule has 2 N–H and O–H groups in total. The maximum atomic E-state index is 14.6. The van der Waals surface area contributed by atoms with Gasteiger partial charge in [-0.05, 0) is 44.4 Å². The van der Waals surface area contributed by atoms with Crippen molar-refractivity contribution >= 4 is 40.7 Å². The van der Waals surface area contributed by atoms with Gasteiger partial charge in [-0.25, -0.2) is 18.6 Å². The predicted molar refractivity (Wildman–Crippen MR) is 171 cm³/mol. The number of nitrogens with zero attached hydrogens (tertiary/aromatic N) is 4. The van der Waals surface area contributed by atoms with E-state index < -0.39 is 60.1 Å². The van der Waals surface area contributed by atoms with Crippen molar-refractivity contribution in [1.29, 1.82) is 0 Å². The average molecular weight is 682 g/mol. The fraction of sp³-hybridized carbons (Fsp3) is 0.412. The highest BCUT2D eigenvalue weighted by atomic mass is 19.1. The predicted octanol–water partition coefficient (Wildman–Crippen LogP) is 3.52. The molecule has 49 heavy (non-hydrogen) atoms. The van der Waals surface area contributed by atoms with Gasteiger partial charge in [-0.1, -0.05) is 18.2 Å². The SMILES string of the molecule is CCOC(=O)N1CCN(C(=O)[C@H](CCC(=O)O)NC(=O)c2cc(OCC(=O)N3CCCC3c3ccc(F)cc3F)c3ccccc3n2)CC1. The highest BCUT2D eigenvalue weighted by Crippen LogP contribution is 2.34. The summed E-state index contributed by atoms with van der Waals surface area (Å²) < 4.78 is 39.0. The first kappa shape index (κ1) is 35.0. The van der Waals surface area contributed by atoms with Crippen LogP contribution in [0.1, 0.15) is 54.7 Å². The topological polar surface area (TPSA) is 159 Å². The van der Waals surface area contributed by atoms with Gasteiger partial charge >= 0.3 is 12.1 Å². The number of aliphatic carboxylic acids is 1. The number of carbonyl (C=O) groups is 5. The van der Waals surface area contributed by atoms with Crippen molar-refractivity contribution in [3.63, 3.8) is 0 Å². The van der Waals surface area contributed by atoms with E-state index in [0.29, 0.717) is 30.3 Å². The number of para-hydroxylation sites is 1. The number of carboxylic acid groups (broad SMARTS) is 1. The molecule has 3 heterocycles. The Morgan fingerprint density at radius 1 is 1.00 bits per heavy atom. The molecule has 2 atom stereocenters. The number of carbonyl (C=O) groups excluding carboxylic acids is 4. The van der Waals surface area contributed by atoms with E-state index in [-0.39, 0.29) is 62.6 Å². The van der Waals surface area contributed by atoms with E-state index in [9.17, 15) is 37.9 Å². The molecule has 1 unspecified atom stereocenters. The van der Waals surface area contributed by atoms with Crippen LogP contribution in [0.2, 0.25) is 0 Å². The summed E-state index contributed by atoms with van der Waals surface area (Å²) in [7, 11) is 0. The van der Waals surface area contributed by atoms with Crippen molar-refractivity contribution in [3.05, 3.63) is 71.4 Å². The van der Waals surface area contributed by atoms with Crippen LogP contribution in [0.3, 0.4) is 0 Å². The van der Waals surface area contributed by atoms with Crippen LogP contribution in [0.4, 0.5) is 13.6 Å². The number of fused-ring (bicyclic) bond motifs is 1. The van der Waals surface area contributed by atoms with Crippen molar-refractivity contribution in [2.24, 2.45) is 0 Å². The minimum atomic E-state index is -1.20. The number of hydrogen-bond acceptors (Lipinski definition) is 8. The summed E-state index contributed by atoms with van der Waals surface area (Å²) in [4.78, 5) is 72.6. The van der Waals surface area contributed by atoms with Crippen molar-refractivity contribution in [1.82, 2.24) is 25.0 Å². The third kappa shape index (κ3) is 8.39. The Morgan fingerprint density at radius 3 is 2.45 bits per heavy atom. The van der Waals surface area contributed by atoms with Gasteiger partial charge in [0.15, 0.2) is 6.61 Å². The molecule has 3 aromatic rings. The maximum absolute atomic E-state index is 14.6. The summed E-state index contributed by atoms with van der Waals surface area (Å²) >= 11 is 0. The van der Waals surface area contributed by atoms with E-state index in [1.165, 1.54) is 26.8 Å². The smallest absolute Gasteiger partial charge is 0.409 e. The number of benzene rings is 2. The number of halogens is 2. The van der Waals surface area contributed by atoms with Crippen molar-refractivity contribution in [2.45, 2.75) is 44.7 Å². The summed E-state index contributed by atoms with van der Waals surface area (Å²) in [6, 6.07) is 9.60. The molecule has 4 amide bonds. The summed E-state index contributed by atoms with van der Waals surface area (Å²) in [6.45, 7) is 2.59. The molecular weight excluding hydrogens is 644 g/mol. The molecule has 13 nitrogen and oxygen atoms in total. The minimum Gasteiger partial charge on any atom is -0.483 e. The second-order valence-electron chi connectivity index (χ2n) is 11.7. The number of nitrogens with one attached hydrogen (secondary N) is 1. The van der Waals surface area contributed by atoms with E-state index in [2.05, 4.69) is 10.3 Å². The molecule has 0 saturated carbocycles. The number of hydrogen-bond donors (Lipinski definition) is 2. The number of ether oxygens (including phenoxy) is 2. The first-order valence-corrected chi connectivity index (χ1v) is 16.1. The van der Waals surface area contributed by atoms with Crippen molar-refractivity contribution in [3.8, 4) is 5.75 Å². The van der Waals surface area contributed by atoms with Gasteiger partial charge < -0.3 is 34.6 Å². The maximum Gasteiger partial charge on any atom is 0.409 e. The number of aromatic nitrogens is 1. The highest BCUT2D eigenvalue weighted by molar-refractivity contribution is 5.99. The zero-order chi connectivity index (χ0) is 35.1. The van der Waals surface area contributed by atoms with Gasteiger partial charge in [0.1, 0.15) is 29.1 Å². The summed E-state index contributed by atoms with van der Waals surface area (Å²) in [5.41, 5.74) is 0.454. The zero-order valence-electron chi connectivity index (χ0n) is 26.9. The van der Waals surface area contributed by atoms with Crippen molar-refractivity contribution < 1.29 is 47.3 Å². The first-order valence-electron chi connectivity index (χ1n) is 16.1. The molecule has 0 bridgehead atoms. The number of carboxylic acids is 1. The number of pyridine rings is 1. The van der Waals surface area contributed by atoms with Gasteiger partial charge in [0, 0.05) is 62.2 Å². The Labute approximate surface area is 280 Å². The van der Waals surface area contributed by atoms with Crippen LogP contribution in [0.5, 0.6) is 5.75 Å². The normalized spacial score (nSPS) is 16.7. The Hall–Kier alpha value is -5.34. The van der Waals surface area contributed by atoms with Gasteiger partial charge in [-0.3, -0.25) is 19.2 Å². The lowest BCUT2D eigenvalue weighted by Crippen LogP contribution is -2.56. The molecule has 1 aromatic heterocycles. The molecule has 2 fully saturated rings. The molecule has 15 heteroatoms. The molecule has 5 rings (SSSR count). The van der Waals surface area contributed by atoms with Crippen LogP contribution >= 0.6 is 0 Å². The van der Waals surface area contributed by atoms with Crippen LogP contribution in [0.25, 0.3) is 10.9 Å².